The van der Waals surface area contributed by atoms with Crippen molar-refractivity contribution in [2.45, 2.75) is 25.2 Å². The average molecular weight is 190 g/mol. The molecule has 1 aliphatic rings. The van der Waals surface area contributed by atoms with E-state index in [1.165, 1.54) is 5.56 Å². The van der Waals surface area contributed by atoms with Gasteiger partial charge in [0.2, 0.25) is 0 Å². The molecule has 0 aromatic heterocycles. The van der Waals surface area contributed by atoms with Crippen LogP contribution in [0, 0.1) is 0 Å². The number of ether oxygens (including phenoxy) is 1. The number of hydrogen-bond acceptors (Lipinski definition) is 2. The molecule has 1 aromatic carbocycles. The second-order valence-corrected chi connectivity index (χ2v) is 3.68. The predicted octanol–water partition coefficient (Wildman–Crippen LogP) is 2.50. The van der Waals surface area contributed by atoms with Gasteiger partial charge in [0.15, 0.2) is 0 Å². The lowest BCUT2D eigenvalue weighted by atomic mass is 9.95. The van der Waals surface area contributed by atoms with Crippen molar-refractivity contribution in [3.05, 3.63) is 35.9 Å². The molecule has 0 spiro atoms. The van der Waals surface area contributed by atoms with Crippen molar-refractivity contribution in [1.29, 1.82) is 0 Å². The number of carbonyl (C=O) groups is 1. The molecule has 1 fully saturated rings. The second-order valence-electron chi connectivity index (χ2n) is 3.68. The molecule has 0 saturated carbocycles. The quantitative estimate of drug-likeness (QED) is 0.636. The van der Waals surface area contributed by atoms with Crippen LogP contribution in [-0.2, 0) is 9.53 Å². The van der Waals surface area contributed by atoms with Gasteiger partial charge < -0.3 is 4.74 Å². The zero-order valence-electron chi connectivity index (χ0n) is 8.11. The molecule has 0 radical (unpaired) electrons. The summed E-state index contributed by atoms with van der Waals surface area (Å²) in [6.07, 6.45) is 2.57. The molecular formula is C12H14O2. The highest BCUT2D eigenvalue weighted by Gasteiger charge is 2.18. The van der Waals surface area contributed by atoms with Gasteiger partial charge in [0.25, 0.3) is 0 Å². The van der Waals surface area contributed by atoms with Crippen LogP contribution >= 0.6 is 0 Å². The van der Waals surface area contributed by atoms with E-state index in [0.29, 0.717) is 18.9 Å². The highest BCUT2D eigenvalue weighted by atomic mass is 16.5. The molecule has 0 bridgehead atoms. The summed E-state index contributed by atoms with van der Waals surface area (Å²) >= 11 is 0. The Morgan fingerprint density at radius 3 is 2.79 bits per heavy atom. The summed E-state index contributed by atoms with van der Waals surface area (Å²) in [5.74, 6) is 0.339. The highest BCUT2D eigenvalue weighted by Crippen LogP contribution is 2.25. The summed E-state index contributed by atoms with van der Waals surface area (Å²) in [5, 5.41) is 0. The first kappa shape index (κ1) is 9.25. The Kier molecular flexibility index (Phi) is 2.82. The molecule has 74 valence electrons. The molecule has 2 heteroatoms. The van der Waals surface area contributed by atoms with Crippen molar-refractivity contribution >= 4 is 5.97 Å². The third kappa shape index (κ3) is 2.13. The lowest BCUT2D eigenvalue weighted by Gasteiger charge is -2.12. The van der Waals surface area contributed by atoms with Gasteiger partial charge in [-0.2, -0.15) is 0 Å². The third-order valence-electron chi connectivity index (χ3n) is 2.65. The van der Waals surface area contributed by atoms with Crippen LogP contribution in [0.1, 0.15) is 30.7 Å². The molecule has 1 atom stereocenters. The first-order chi connectivity index (χ1) is 6.86. The van der Waals surface area contributed by atoms with Crippen LogP contribution < -0.4 is 0 Å². The Bertz CT molecular complexity index is 305. The van der Waals surface area contributed by atoms with E-state index in [9.17, 15) is 4.79 Å². The maximum absolute atomic E-state index is 11.0. The molecule has 2 nitrogen and oxygen atoms in total. The van der Waals surface area contributed by atoms with Crippen LogP contribution in [0.3, 0.4) is 0 Å². The van der Waals surface area contributed by atoms with Crippen molar-refractivity contribution in [3.63, 3.8) is 0 Å². The average Bonchev–Trinajstić information content (AvgIpc) is 2.44. The van der Waals surface area contributed by atoms with E-state index in [2.05, 4.69) is 12.1 Å². The van der Waals surface area contributed by atoms with E-state index >= 15 is 0 Å². The van der Waals surface area contributed by atoms with E-state index in [-0.39, 0.29) is 5.97 Å². The summed E-state index contributed by atoms with van der Waals surface area (Å²) < 4.78 is 5.13. The molecular weight excluding hydrogens is 176 g/mol. The maximum atomic E-state index is 11.0. The second kappa shape index (κ2) is 4.27. The summed E-state index contributed by atoms with van der Waals surface area (Å²) in [4.78, 5) is 11.0. The molecule has 1 aliphatic heterocycles. The van der Waals surface area contributed by atoms with Gasteiger partial charge in [-0.05, 0) is 18.4 Å². The van der Waals surface area contributed by atoms with Gasteiger partial charge >= 0.3 is 5.97 Å². The van der Waals surface area contributed by atoms with Gasteiger partial charge in [-0.15, -0.1) is 0 Å². The molecule has 1 heterocycles. The summed E-state index contributed by atoms with van der Waals surface area (Å²) in [7, 11) is 0. The minimum atomic E-state index is -0.0524. The summed E-state index contributed by atoms with van der Waals surface area (Å²) in [5.41, 5.74) is 1.28. The zero-order valence-corrected chi connectivity index (χ0v) is 8.11. The van der Waals surface area contributed by atoms with Gasteiger partial charge in [0, 0.05) is 12.3 Å². The fourth-order valence-electron chi connectivity index (χ4n) is 1.83. The van der Waals surface area contributed by atoms with Crippen molar-refractivity contribution in [2.75, 3.05) is 6.61 Å². The lowest BCUT2D eigenvalue weighted by Crippen LogP contribution is -2.07. The normalized spacial score (nSPS) is 22.6. The molecule has 0 amide bonds. The summed E-state index contributed by atoms with van der Waals surface area (Å²) in [6, 6.07) is 10.3. The Morgan fingerprint density at radius 1 is 1.21 bits per heavy atom. The van der Waals surface area contributed by atoms with Crippen molar-refractivity contribution in [1.82, 2.24) is 0 Å². The standard InChI is InChI=1S/C12H14O2/c13-12-8-4-7-11(9-14-12)10-5-2-1-3-6-10/h1-3,5-6,11H,4,7-9H2. The molecule has 2 rings (SSSR count). The van der Waals surface area contributed by atoms with Crippen LogP contribution in [0.5, 0.6) is 0 Å². The maximum Gasteiger partial charge on any atom is 0.305 e. The topological polar surface area (TPSA) is 26.3 Å². The Hall–Kier alpha value is -1.31. The van der Waals surface area contributed by atoms with E-state index in [4.69, 9.17) is 4.74 Å². The van der Waals surface area contributed by atoms with E-state index < -0.39 is 0 Å². The zero-order chi connectivity index (χ0) is 9.80. The Morgan fingerprint density at radius 2 is 2.00 bits per heavy atom. The Labute approximate surface area is 83.9 Å². The highest BCUT2D eigenvalue weighted by molar-refractivity contribution is 5.69. The number of carbonyl (C=O) groups excluding carboxylic acids is 1. The van der Waals surface area contributed by atoms with Crippen molar-refractivity contribution in [2.24, 2.45) is 0 Å². The van der Waals surface area contributed by atoms with Gasteiger partial charge in [0.1, 0.15) is 0 Å². The predicted molar refractivity (Wildman–Crippen MR) is 54.0 cm³/mol. The molecule has 1 saturated heterocycles. The number of rotatable bonds is 1. The van der Waals surface area contributed by atoms with Gasteiger partial charge in [-0.1, -0.05) is 30.3 Å². The van der Waals surface area contributed by atoms with E-state index in [0.717, 1.165) is 12.8 Å². The van der Waals surface area contributed by atoms with Crippen molar-refractivity contribution < 1.29 is 9.53 Å². The monoisotopic (exact) mass is 190 g/mol. The largest absolute Gasteiger partial charge is 0.465 e. The number of esters is 1. The minimum absolute atomic E-state index is 0.0524. The third-order valence-corrected chi connectivity index (χ3v) is 2.65. The SMILES string of the molecule is O=C1CCCC(c2ccccc2)CO1. The summed E-state index contributed by atoms with van der Waals surface area (Å²) in [6.45, 7) is 0.544. The van der Waals surface area contributed by atoms with Crippen LogP contribution in [0.25, 0.3) is 0 Å². The van der Waals surface area contributed by atoms with Crippen LogP contribution in [0.4, 0.5) is 0 Å². The molecule has 1 aromatic rings. The smallest absolute Gasteiger partial charge is 0.305 e. The van der Waals surface area contributed by atoms with Crippen molar-refractivity contribution in [3.8, 4) is 0 Å². The molecule has 0 aliphatic carbocycles. The van der Waals surface area contributed by atoms with Gasteiger partial charge in [0.05, 0.1) is 6.61 Å². The van der Waals surface area contributed by atoms with Gasteiger partial charge in [-0.25, -0.2) is 0 Å². The van der Waals surface area contributed by atoms with Gasteiger partial charge in [-0.3, -0.25) is 4.79 Å². The van der Waals surface area contributed by atoms with E-state index in [1.807, 2.05) is 18.2 Å². The van der Waals surface area contributed by atoms with E-state index in [1.54, 1.807) is 0 Å². The molecule has 1 unspecified atom stereocenters. The van der Waals surface area contributed by atoms with Crippen LogP contribution in [0.15, 0.2) is 30.3 Å². The first-order valence-corrected chi connectivity index (χ1v) is 5.07. The van der Waals surface area contributed by atoms with Crippen LogP contribution in [0.2, 0.25) is 0 Å². The number of hydrogen-bond donors (Lipinski definition) is 0. The minimum Gasteiger partial charge on any atom is -0.465 e. The Balaban J connectivity index is 2.08. The fourth-order valence-corrected chi connectivity index (χ4v) is 1.83. The lowest BCUT2D eigenvalue weighted by molar-refractivity contribution is -0.143. The number of benzene rings is 1. The fraction of sp³-hybridized carbons (Fsp3) is 0.417. The molecule has 0 N–H and O–H groups in total. The number of cyclic esters (lactones) is 1. The first-order valence-electron chi connectivity index (χ1n) is 5.07. The van der Waals surface area contributed by atoms with Crippen LogP contribution in [-0.4, -0.2) is 12.6 Å². The molecule has 14 heavy (non-hydrogen) atoms.